The maximum absolute atomic E-state index is 12.9. The second-order valence-electron chi connectivity index (χ2n) is 4.69. The minimum atomic E-state index is -4.74. The fourth-order valence-electron chi connectivity index (χ4n) is 2.09. The highest BCUT2D eigenvalue weighted by atomic mass is 19.4. The van der Waals surface area contributed by atoms with E-state index in [0.717, 1.165) is 18.9 Å². The number of rotatable bonds is 3. The zero-order valence-electron chi connectivity index (χ0n) is 10.4. The van der Waals surface area contributed by atoms with Gasteiger partial charge in [-0.25, -0.2) is 0 Å². The van der Waals surface area contributed by atoms with Crippen LogP contribution in [0.2, 0.25) is 0 Å². The molecule has 0 spiro atoms. The third kappa shape index (κ3) is 2.43. The van der Waals surface area contributed by atoms with Crippen LogP contribution in [-0.4, -0.2) is 25.1 Å². The van der Waals surface area contributed by atoms with E-state index in [1.54, 1.807) is 0 Å². The molecule has 1 fully saturated rings. The van der Waals surface area contributed by atoms with Crippen LogP contribution in [0.4, 0.5) is 18.9 Å². The van der Waals surface area contributed by atoms with E-state index in [1.165, 1.54) is 12.1 Å². The van der Waals surface area contributed by atoms with Crippen molar-refractivity contribution in [2.75, 3.05) is 0 Å². The summed E-state index contributed by atoms with van der Waals surface area (Å²) in [6, 6.07) is 3.81. The molecule has 21 heavy (non-hydrogen) atoms. The molecule has 3 rings (SSSR count). The van der Waals surface area contributed by atoms with Gasteiger partial charge in [-0.1, -0.05) is 0 Å². The maximum Gasteiger partial charge on any atom is 0.453 e. The normalized spacial score (nSPS) is 15.2. The number of hydrogen-bond donors (Lipinski definition) is 0. The average Bonchev–Trinajstić information content (AvgIpc) is 3.12. The van der Waals surface area contributed by atoms with E-state index in [-0.39, 0.29) is 17.3 Å². The molecule has 1 aromatic heterocycles. The molecule has 1 aromatic carbocycles. The van der Waals surface area contributed by atoms with Gasteiger partial charge in [-0.2, -0.15) is 17.9 Å². The Morgan fingerprint density at radius 2 is 2.05 bits per heavy atom. The van der Waals surface area contributed by atoms with Crippen molar-refractivity contribution in [1.29, 1.82) is 0 Å². The van der Waals surface area contributed by atoms with E-state index < -0.39 is 16.9 Å². The van der Waals surface area contributed by atoms with Crippen molar-refractivity contribution in [2.24, 2.45) is 0 Å². The number of alkyl halides is 3. The summed E-state index contributed by atoms with van der Waals surface area (Å²) in [5, 5.41) is 20.2. The number of nitrogens with zero attached hydrogens (tertiary/aromatic N) is 5. The molecular formula is C11H8F3N5O2. The number of nitro groups is 1. The Hall–Kier alpha value is -2.52. The highest BCUT2D eigenvalue weighted by Gasteiger charge is 2.40. The summed E-state index contributed by atoms with van der Waals surface area (Å²) in [4.78, 5) is 10.2. The molecule has 0 radical (unpaired) electrons. The molecule has 7 nitrogen and oxygen atoms in total. The summed E-state index contributed by atoms with van der Waals surface area (Å²) >= 11 is 0. The highest BCUT2D eigenvalue weighted by Crippen LogP contribution is 2.44. The first kappa shape index (κ1) is 13.5. The summed E-state index contributed by atoms with van der Waals surface area (Å²) in [6.07, 6.45) is -3.09. The number of nitro benzene ring substituents is 1. The lowest BCUT2D eigenvalue weighted by atomic mass is 10.1. The Morgan fingerprint density at radius 1 is 1.33 bits per heavy atom. The minimum Gasteiger partial charge on any atom is -0.258 e. The van der Waals surface area contributed by atoms with E-state index in [0.29, 0.717) is 10.2 Å². The van der Waals surface area contributed by atoms with Crippen LogP contribution in [0.25, 0.3) is 5.69 Å². The predicted molar refractivity (Wildman–Crippen MR) is 62.8 cm³/mol. The lowest BCUT2D eigenvalue weighted by Crippen LogP contribution is -2.16. The molecule has 110 valence electrons. The lowest BCUT2D eigenvalue weighted by Gasteiger charge is -2.11. The third-order valence-corrected chi connectivity index (χ3v) is 3.19. The smallest absolute Gasteiger partial charge is 0.258 e. The average molecular weight is 299 g/mol. The Balaban J connectivity index is 2.18. The number of tetrazole rings is 1. The third-order valence-electron chi connectivity index (χ3n) is 3.19. The first-order valence-electron chi connectivity index (χ1n) is 6.02. The van der Waals surface area contributed by atoms with E-state index in [2.05, 4.69) is 15.5 Å². The number of non-ortho nitro benzene ring substituents is 1. The number of halogens is 3. The first-order valence-corrected chi connectivity index (χ1v) is 6.02. The van der Waals surface area contributed by atoms with Crippen LogP contribution in [0, 0.1) is 10.1 Å². The van der Waals surface area contributed by atoms with Crippen LogP contribution in [-0.2, 0) is 6.18 Å². The van der Waals surface area contributed by atoms with Crippen molar-refractivity contribution in [3.8, 4) is 5.69 Å². The second-order valence-corrected chi connectivity index (χ2v) is 4.69. The molecule has 0 N–H and O–H groups in total. The molecule has 1 aliphatic carbocycles. The first-order chi connectivity index (χ1) is 9.88. The lowest BCUT2D eigenvalue weighted by molar-refractivity contribution is -0.384. The van der Waals surface area contributed by atoms with Crippen LogP contribution in [0.15, 0.2) is 18.2 Å². The molecule has 0 amide bonds. The molecular weight excluding hydrogens is 291 g/mol. The van der Waals surface area contributed by atoms with Crippen LogP contribution < -0.4 is 0 Å². The van der Waals surface area contributed by atoms with Gasteiger partial charge in [-0.3, -0.25) is 10.1 Å². The van der Waals surface area contributed by atoms with Gasteiger partial charge in [0.25, 0.3) is 11.5 Å². The molecule has 1 aliphatic rings. The van der Waals surface area contributed by atoms with Gasteiger partial charge in [0, 0.05) is 12.1 Å². The molecule has 0 bridgehead atoms. The molecule has 0 unspecified atom stereocenters. The molecule has 2 aromatic rings. The molecule has 1 heterocycles. The Morgan fingerprint density at radius 3 is 2.62 bits per heavy atom. The molecule has 0 saturated heterocycles. The molecule has 10 heteroatoms. The van der Waals surface area contributed by atoms with Crippen LogP contribution in [0.5, 0.6) is 0 Å². The fraction of sp³-hybridized carbons (Fsp3) is 0.364. The van der Waals surface area contributed by atoms with Crippen molar-refractivity contribution in [3.63, 3.8) is 0 Å². The van der Waals surface area contributed by atoms with Gasteiger partial charge in [0.15, 0.2) is 0 Å². The summed E-state index contributed by atoms with van der Waals surface area (Å²) in [5.74, 6) is -1.21. The van der Waals surface area contributed by atoms with Crippen LogP contribution in [0.3, 0.4) is 0 Å². The van der Waals surface area contributed by atoms with Gasteiger partial charge >= 0.3 is 6.18 Å². The van der Waals surface area contributed by atoms with E-state index in [9.17, 15) is 23.3 Å². The van der Waals surface area contributed by atoms with Gasteiger partial charge in [-0.15, -0.1) is 5.10 Å². The maximum atomic E-state index is 12.9. The van der Waals surface area contributed by atoms with Crippen molar-refractivity contribution in [2.45, 2.75) is 24.9 Å². The topological polar surface area (TPSA) is 86.7 Å². The van der Waals surface area contributed by atoms with Gasteiger partial charge in [-0.05, 0) is 40.8 Å². The highest BCUT2D eigenvalue weighted by molar-refractivity contribution is 5.52. The van der Waals surface area contributed by atoms with Gasteiger partial charge in [0.2, 0.25) is 0 Å². The minimum absolute atomic E-state index is 0.00373. The van der Waals surface area contributed by atoms with Crippen LogP contribution >= 0.6 is 0 Å². The largest absolute Gasteiger partial charge is 0.453 e. The van der Waals surface area contributed by atoms with E-state index in [4.69, 9.17) is 0 Å². The number of benzene rings is 1. The van der Waals surface area contributed by atoms with Crippen molar-refractivity contribution in [1.82, 2.24) is 20.2 Å². The monoisotopic (exact) mass is 299 g/mol. The molecule has 0 atom stereocenters. The molecule has 0 aliphatic heterocycles. The Kier molecular flexibility index (Phi) is 2.88. The zero-order valence-corrected chi connectivity index (χ0v) is 10.4. The van der Waals surface area contributed by atoms with E-state index in [1.807, 2.05) is 0 Å². The summed E-state index contributed by atoms with van der Waals surface area (Å²) in [7, 11) is 0. The number of hydrogen-bond acceptors (Lipinski definition) is 5. The summed E-state index contributed by atoms with van der Waals surface area (Å²) in [6.45, 7) is 0. The van der Waals surface area contributed by atoms with Crippen molar-refractivity contribution < 1.29 is 18.1 Å². The van der Waals surface area contributed by atoms with Crippen molar-refractivity contribution >= 4 is 5.69 Å². The van der Waals surface area contributed by atoms with Gasteiger partial charge in [0.05, 0.1) is 10.6 Å². The quantitative estimate of drug-likeness (QED) is 0.642. The zero-order chi connectivity index (χ0) is 15.2. The second kappa shape index (κ2) is 4.50. The predicted octanol–water partition coefficient (Wildman–Crippen LogP) is 2.47. The number of aromatic nitrogens is 4. The van der Waals surface area contributed by atoms with Gasteiger partial charge < -0.3 is 0 Å². The van der Waals surface area contributed by atoms with Gasteiger partial charge in [0.1, 0.15) is 0 Å². The SMILES string of the molecule is O=[N+]([O-])c1ccc(C2CC2)c(-n2nnnc2C(F)(F)F)c1. The summed E-state index contributed by atoms with van der Waals surface area (Å²) in [5.41, 5.74) is 0.278. The van der Waals surface area contributed by atoms with E-state index >= 15 is 0 Å². The Bertz CT molecular complexity index is 708. The summed E-state index contributed by atoms with van der Waals surface area (Å²) < 4.78 is 39.1. The standard InChI is InChI=1S/C11H8F3N5O2/c12-11(13,14)10-15-16-17-18(10)9-5-7(19(20)21)3-4-8(9)6-1-2-6/h3-6H,1-2H2. The van der Waals surface area contributed by atoms with Crippen LogP contribution in [0.1, 0.15) is 30.1 Å². The molecule has 1 saturated carbocycles. The Labute approximate surface area is 115 Å². The fourth-order valence-corrected chi connectivity index (χ4v) is 2.09. The van der Waals surface area contributed by atoms with Crippen molar-refractivity contribution in [3.05, 3.63) is 39.7 Å².